The molecule has 0 atom stereocenters. The second-order valence-corrected chi connectivity index (χ2v) is 3.92. The average Bonchev–Trinajstić information content (AvgIpc) is 2.86. The fourth-order valence-electron chi connectivity index (χ4n) is 1.44. The van der Waals surface area contributed by atoms with Crippen LogP contribution in [0.5, 0.6) is 0 Å². The molecule has 110 valence electrons. The standard InChI is InChI=1S/C11H6F3N3O4/c12-11(13,14)8(18)5-9-15-10(16-21-9)6-2-1-3-7(4-6)17(19)20/h1-4H,5H2. The molecule has 0 aliphatic carbocycles. The zero-order chi connectivity index (χ0) is 15.6. The van der Waals surface area contributed by atoms with Crippen LogP contribution >= 0.6 is 0 Å². The van der Waals surface area contributed by atoms with Crippen molar-refractivity contribution < 1.29 is 27.4 Å². The maximum absolute atomic E-state index is 12.1. The lowest BCUT2D eigenvalue weighted by Crippen LogP contribution is -2.24. The fraction of sp³-hybridized carbons (Fsp3) is 0.182. The van der Waals surface area contributed by atoms with Gasteiger partial charge in [0, 0.05) is 17.7 Å². The lowest BCUT2D eigenvalue weighted by molar-refractivity contribution is -0.384. The minimum Gasteiger partial charge on any atom is -0.338 e. The van der Waals surface area contributed by atoms with Crippen molar-refractivity contribution in [3.63, 3.8) is 0 Å². The van der Waals surface area contributed by atoms with Gasteiger partial charge < -0.3 is 4.52 Å². The number of carbonyl (C=O) groups is 1. The van der Waals surface area contributed by atoms with Gasteiger partial charge in [-0.25, -0.2) is 0 Å². The number of benzene rings is 1. The summed E-state index contributed by atoms with van der Waals surface area (Å²) in [7, 11) is 0. The Hall–Kier alpha value is -2.78. The van der Waals surface area contributed by atoms with E-state index in [9.17, 15) is 28.1 Å². The molecule has 0 aliphatic rings. The lowest BCUT2D eigenvalue weighted by atomic mass is 10.2. The number of hydrogen-bond acceptors (Lipinski definition) is 6. The monoisotopic (exact) mass is 301 g/mol. The number of carbonyl (C=O) groups excluding carboxylic acids is 1. The summed E-state index contributed by atoms with van der Waals surface area (Å²) in [5, 5.41) is 14.0. The van der Waals surface area contributed by atoms with Crippen molar-refractivity contribution in [1.29, 1.82) is 0 Å². The molecule has 0 fully saturated rings. The van der Waals surface area contributed by atoms with Crippen LogP contribution in [0.2, 0.25) is 0 Å². The molecule has 10 heteroatoms. The van der Waals surface area contributed by atoms with Gasteiger partial charge in [-0.1, -0.05) is 17.3 Å². The lowest BCUT2D eigenvalue weighted by Gasteiger charge is -2.00. The van der Waals surface area contributed by atoms with Crippen LogP contribution in [0.3, 0.4) is 0 Å². The zero-order valence-corrected chi connectivity index (χ0v) is 10.1. The molecule has 0 spiro atoms. The van der Waals surface area contributed by atoms with E-state index in [-0.39, 0.29) is 17.1 Å². The summed E-state index contributed by atoms with van der Waals surface area (Å²) in [4.78, 5) is 24.4. The molecular formula is C11H6F3N3O4. The van der Waals surface area contributed by atoms with Crippen LogP contribution < -0.4 is 0 Å². The third kappa shape index (κ3) is 3.41. The Morgan fingerprint density at radius 3 is 2.71 bits per heavy atom. The van der Waals surface area contributed by atoms with Gasteiger partial charge in [0.2, 0.25) is 17.5 Å². The first-order chi connectivity index (χ1) is 9.77. The fourth-order valence-corrected chi connectivity index (χ4v) is 1.44. The Bertz CT molecular complexity index is 696. The molecule has 0 unspecified atom stereocenters. The van der Waals surface area contributed by atoms with Crippen LogP contribution in [0.1, 0.15) is 5.89 Å². The number of non-ortho nitro benzene ring substituents is 1. The Kier molecular flexibility index (Phi) is 3.70. The van der Waals surface area contributed by atoms with Crippen LogP contribution in [-0.2, 0) is 11.2 Å². The maximum atomic E-state index is 12.1. The van der Waals surface area contributed by atoms with E-state index in [0.717, 1.165) is 6.07 Å². The highest BCUT2D eigenvalue weighted by Crippen LogP contribution is 2.23. The first-order valence-corrected chi connectivity index (χ1v) is 5.45. The summed E-state index contributed by atoms with van der Waals surface area (Å²) in [6, 6.07) is 5.16. The molecule has 0 bridgehead atoms. The highest BCUT2D eigenvalue weighted by molar-refractivity contribution is 5.85. The Labute approximate surface area is 114 Å². The van der Waals surface area contributed by atoms with Crippen molar-refractivity contribution in [1.82, 2.24) is 10.1 Å². The number of ketones is 1. The van der Waals surface area contributed by atoms with E-state index in [4.69, 9.17) is 0 Å². The van der Waals surface area contributed by atoms with Gasteiger partial charge in [-0.15, -0.1) is 0 Å². The molecule has 2 rings (SSSR count). The van der Waals surface area contributed by atoms with Crippen molar-refractivity contribution >= 4 is 11.5 Å². The molecule has 1 aromatic heterocycles. The highest BCUT2D eigenvalue weighted by atomic mass is 19.4. The van der Waals surface area contributed by atoms with E-state index in [2.05, 4.69) is 14.7 Å². The van der Waals surface area contributed by atoms with Crippen LogP contribution in [0, 0.1) is 10.1 Å². The van der Waals surface area contributed by atoms with Gasteiger partial charge >= 0.3 is 6.18 Å². The summed E-state index contributed by atoms with van der Waals surface area (Å²) in [5.74, 6) is -2.67. The van der Waals surface area contributed by atoms with Crippen molar-refractivity contribution in [2.24, 2.45) is 0 Å². The SMILES string of the molecule is O=C(Cc1nc(-c2cccc([N+](=O)[O-])c2)no1)C(F)(F)F. The molecule has 7 nitrogen and oxygen atoms in total. The molecular weight excluding hydrogens is 295 g/mol. The second kappa shape index (κ2) is 5.31. The molecule has 1 aromatic carbocycles. The summed E-state index contributed by atoms with van der Waals surface area (Å²) < 4.78 is 40.8. The van der Waals surface area contributed by atoms with Crippen molar-refractivity contribution in [2.75, 3.05) is 0 Å². The maximum Gasteiger partial charge on any atom is 0.450 e. The first-order valence-electron chi connectivity index (χ1n) is 5.45. The van der Waals surface area contributed by atoms with Crippen LogP contribution in [-0.4, -0.2) is 27.0 Å². The Morgan fingerprint density at radius 2 is 2.10 bits per heavy atom. The average molecular weight is 301 g/mol. The molecule has 21 heavy (non-hydrogen) atoms. The minimum absolute atomic E-state index is 0.135. The molecule has 0 radical (unpaired) electrons. The molecule has 0 aliphatic heterocycles. The Morgan fingerprint density at radius 1 is 1.38 bits per heavy atom. The van der Waals surface area contributed by atoms with Crippen molar-refractivity contribution in [2.45, 2.75) is 12.6 Å². The van der Waals surface area contributed by atoms with E-state index in [0.29, 0.717) is 0 Å². The second-order valence-electron chi connectivity index (χ2n) is 3.92. The topological polar surface area (TPSA) is 99.1 Å². The number of nitrogens with zero attached hydrogens (tertiary/aromatic N) is 3. The number of Topliss-reactive ketones (excluding diaryl/α,β-unsaturated/α-hetero) is 1. The van der Waals surface area contributed by atoms with E-state index >= 15 is 0 Å². The first kappa shape index (κ1) is 14.6. The van der Waals surface area contributed by atoms with E-state index < -0.39 is 29.2 Å². The largest absolute Gasteiger partial charge is 0.450 e. The van der Waals surface area contributed by atoms with Crippen molar-refractivity contribution in [3.8, 4) is 11.4 Å². The number of rotatable bonds is 4. The normalized spacial score (nSPS) is 11.4. The number of nitro benzene ring substituents is 1. The van der Waals surface area contributed by atoms with Gasteiger partial charge in [-0.2, -0.15) is 18.2 Å². The van der Waals surface area contributed by atoms with Gasteiger partial charge in [0.25, 0.3) is 5.69 Å². The molecule has 2 aromatic rings. The van der Waals surface area contributed by atoms with Gasteiger partial charge in [0.05, 0.1) is 11.3 Å². The summed E-state index contributed by atoms with van der Waals surface area (Å²) in [6.07, 6.45) is -6.06. The van der Waals surface area contributed by atoms with E-state index in [1.807, 2.05) is 0 Å². The summed E-state index contributed by atoms with van der Waals surface area (Å²) in [5.41, 5.74) is -0.0381. The van der Waals surface area contributed by atoms with Gasteiger partial charge in [-0.3, -0.25) is 14.9 Å². The quantitative estimate of drug-likeness (QED) is 0.634. The molecule has 0 saturated heterocycles. The number of alkyl halides is 3. The number of nitro groups is 1. The molecule has 0 saturated carbocycles. The van der Waals surface area contributed by atoms with Gasteiger partial charge in [0.1, 0.15) is 0 Å². The number of aromatic nitrogens is 2. The number of halogens is 3. The molecule has 0 N–H and O–H groups in total. The van der Waals surface area contributed by atoms with Crippen LogP contribution in [0.15, 0.2) is 28.8 Å². The highest BCUT2D eigenvalue weighted by Gasteiger charge is 2.39. The zero-order valence-electron chi connectivity index (χ0n) is 10.1. The summed E-state index contributed by atoms with van der Waals surface area (Å²) in [6.45, 7) is 0. The molecule has 1 heterocycles. The molecule has 0 amide bonds. The predicted octanol–water partition coefficient (Wildman–Crippen LogP) is 2.32. The van der Waals surface area contributed by atoms with Crippen molar-refractivity contribution in [3.05, 3.63) is 40.3 Å². The van der Waals surface area contributed by atoms with E-state index in [1.54, 1.807) is 0 Å². The third-order valence-electron chi connectivity index (χ3n) is 2.41. The summed E-state index contributed by atoms with van der Waals surface area (Å²) >= 11 is 0. The van der Waals surface area contributed by atoms with Crippen LogP contribution in [0.4, 0.5) is 18.9 Å². The van der Waals surface area contributed by atoms with Gasteiger partial charge in [0.15, 0.2) is 0 Å². The van der Waals surface area contributed by atoms with Crippen LogP contribution in [0.25, 0.3) is 11.4 Å². The van der Waals surface area contributed by atoms with Gasteiger partial charge in [-0.05, 0) is 0 Å². The predicted molar refractivity (Wildman–Crippen MR) is 61.2 cm³/mol. The Balaban J connectivity index is 2.22. The van der Waals surface area contributed by atoms with E-state index in [1.165, 1.54) is 18.2 Å². The number of hydrogen-bond donors (Lipinski definition) is 0. The smallest absolute Gasteiger partial charge is 0.338 e. The third-order valence-corrected chi connectivity index (χ3v) is 2.41. The minimum atomic E-state index is -4.99.